The summed E-state index contributed by atoms with van der Waals surface area (Å²) in [5, 5.41) is 0. The minimum absolute atomic E-state index is 0.128. The van der Waals surface area contributed by atoms with Gasteiger partial charge in [0.2, 0.25) is 0 Å². The number of aromatic nitrogens is 2. The summed E-state index contributed by atoms with van der Waals surface area (Å²) in [4.78, 5) is 16.0. The van der Waals surface area contributed by atoms with Crippen LogP contribution in [0.3, 0.4) is 0 Å². The Morgan fingerprint density at radius 2 is 2.53 bits per heavy atom. The predicted molar refractivity (Wildman–Crippen MR) is 55.5 cm³/mol. The van der Waals surface area contributed by atoms with Crippen molar-refractivity contribution in [3.8, 4) is 0 Å². The summed E-state index contributed by atoms with van der Waals surface area (Å²) in [6.07, 6.45) is 4.70. The van der Waals surface area contributed by atoms with Crippen LogP contribution < -0.4 is 0 Å². The summed E-state index contributed by atoms with van der Waals surface area (Å²) in [6.45, 7) is 2.28. The normalized spacial score (nSPS) is 19.7. The van der Waals surface area contributed by atoms with Gasteiger partial charge in [0.15, 0.2) is 0 Å². The Balaban J connectivity index is 2.26. The van der Waals surface area contributed by atoms with Gasteiger partial charge in [0.25, 0.3) is 0 Å². The molecule has 0 saturated carbocycles. The minimum atomic E-state index is -0.144. The van der Waals surface area contributed by atoms with E-state index in [0.29, 0.717) is 6.61 Å². The largest absolute Gasteiger partial charge is 0.465 e. The van der Waals surface area contributed by atoms with Crippen molar-refractivity contribution < 1.29 is 9.53 Å². The Morgan fingerprint density at radius 1 is 1.73 bits per heavy atom. The predicted octanol–water partition coefficient (Wildman–Crippen LogP) is 1.40. The van der Waals surface area contributed by atoms with Crippen LogP contribution >= 0.6 is 0 Å². The molecule has 0 amide bonds. The fourth-order valence-electron chi connectivity index (χ4n) is 2.15. The summed E-state index contributed by atoms with van der Waals surface area (Å²) in [7, 11) is 1.97. The van der Waals surface area contributed by atoms with E-state index in [-0.39, 0.29) is 11.9 Å². The molecule has 0 aliphatic heterocycles. The van der Waals surface area contributed by atoms with E-state index in [2.05, 4.69) is 4.98 Å². The molecule has 0 N–H and O–H groups in total. The fourth-order valence-corrected chi connectivity index (χ4v) is 2.15. The lowest BCUT2D eigenvalue weighted by Gasteiger charge is -2.20. The van der Waals surface area contributed by atoms with Crippen molar-refractivity contribution in [1.29, 1.82) is 0 Å². The lowest BCUT2D eigenvalue weighted by molar-refractivity contribution is -0.145. The Hall–Kier alpha value is -1.32. The zero-order valence-electron chi connectivity index (χ0n) is 9.19. The van der Waals surface area contributed by atoms with Crippen LogP contribution in [0, 0.1) is 0 Å². The number of aryl methyl sites for hydroxylation is 1. The molecule has 0 fully saturated rings. The van der Waals surface area contributed by atoms with E-state index in [1.54, 1.807) is 6.33 Å². The molecular formula is C11H16N2O2. The molecule has 2 rings (SSSR count). The molecule has 0 radical (unpaired) electrons. The SMILES string of the molecule is CCOC(=O)C1CCCc2c1ncn2C. The molecule has 4 nitrogen and oxygen atoms in total. The van der Waals surface area contributed by atoms with Crippen LogP contribution in [0.25, 0.3) is 0 Å². The number of fused-ring (bicyclic) bond motifs is 1. The molecule has 4 heteroatoms. The fraction of sp³-hybridized carbons (Fsp3) is 0.636. The molecule has 0 spiro atoms. The van der Waals surface area contributed by atoms with Gasteiger partial charge in [-0.15, -0.1) is 0 Å². The molecule has 15 heavy (non-hydrogen) atoms. The number of hydrogen-bond acceptors (Lipinski definition) is 3. The molecule has 1 aromatic rings. The number of nitrogens with zero attached hydrogens (tertiary/aromatic N) is 2. The molecule has 1 aliphatic rings. The van der Waals surface area contributed by atoms with Gasteiger partial charge in [0, 0.05) is 12.7 Å². The van der Waals surface area contributed by atoms with E-state index < -0.39 is 0 Å². The monoisotopic (exact) mass is 208 g/mol. The van der Waals surface area contributed by atoms with Gasteiger partial charge >= 0.3 is 5.97 Å². The van der Waals surface area contributed by atoms with Crippen molar-refractivity contribution in [3.63, 3.8) is 0 Å². The highest BCUT2D eigenvalue weighted by atomic mass is 16.5. The van der Waals surface area contributed by atoms with E-state index in [0.717, 1.165) is 25.0 Å². The number of hydrogen-bond donors (Lipinski definition) is 0. The molecule has 1 unspecified atom stereocenters. The van der Waals surface area contributed by atoms with E-state index in [9.17, 15) is 4.79 Å². The van der Waals surface area contributed by atoms with Crippen LogP contribution in [-0.4, -0.2) is 22.1 Å². The summed E-state index contributed by atoms with van der Waals surface area (Å²) >= 11 is 0. The topological polar surface area (TPSA) is 44.1 Å². The van der Waals surface area contributed by atoms with E-state index in [1.165, 1.54) is 5.69 Å². The van der Waals surface area contributed by atoms with Crippen molar-refractivity contribution in [2.24, 2.45) is 7.05 Å². The Labute approximate surface area is 89.3 Å². The van der Waals surface area contributed by atoms with Gasteiger partial charge in [-0.3, -0.25) is 4.79 Å². The molecular weight excluding hydrogens is 192 g/mol. The van der Waals surface area contributed by atoms with Crippen LogP contribution in [0.5, 0.6) is 0 Å². The summed E-state index contributed by atoms with van der Waals surface area (Å²) < 4.78 is 7.06. The van der Waals surface area contributed by atoms with Gasteiger partial charge in [-0.05, 0) is 26.2 Å². The van der Waals surface area contributed by atoms with Gasteiger partial charge < -0.3 is 9.30 Å². The number of carbonyl (C=O) groups excluding carboxylic acids is 1. The average molecular weight is 208 g/mol. The van der Waals surface area contributed by atoms with Crippen molar-refractivity contribution in [2.45, 2.75) is 32.1 Å². The Morgan fingerprint density at radius 3 is 3.27 bits per heavy atom. The smallest absolute Gasteiger partial charge is 0.315 e. The molecule has 0 aromatic carbocycles. The second-order valence-electron chi connectivity index (χ2n) is 3.88. The maximum Gasteiger partial charge on any atom is 0.315 e. The van der Waals surface area contributed by atoms with E-state index in [4.69, 9.17) is 4.74 Å². The zero-order chi connectivity index (χ0) is 10.8. The first-order valence-corrected chi connectivity index (χ1v) is 5.40. The first-order valence-electron chi connectivity index (χ1n) is 5.40. The van der Waals surface area contributed by atoms with Crippen LogP contribution in [0.4, 0.5) is 0 Å². The number of ether oxygens (including phenoxy) is 1. The third kappa shape index (κ3) is 1.76. The molecule has 0 saturated heterocycles. The van der Waals surface area contributed by atoms with E-state index in [1.807, 2.05) is 18.5 Å². The molecule has 82 valence electrons. The van der Waals surface area contributed by atoms with Gasteiger partial charge in [-0.2, -0.15) is 0 Å². The Bertz CT molecular complexity index is 371. The molecule has 1 aliphatic carbocycles. The van der Waals surface area contributed by atoms with Gasteiger partial charge in [-0.1, -0.05) is 0 Å². The lowest BCUT2D eigenvalue weighted by atomic mass is 9.90. The maximum absolute atomic E-state index is 11.7. The van der Waals surface area contributed by atoms with Crippen LogP contribution in [0.1, 0.15) is 37.1 Å². The van der Waals surface area contributed by atoms with Gasteiger partial charge in [0.1, 0.15) is 5.92 Å². The van der Waals surface area contributed by atoms with Gasteiger partial charge in [-0.25, -0.2) is 4.98 Å². The first kappa shape index (κ1) is 10.2. The third-order valence-corrected chi connectivity index (χ3v) is 2.90. The average Bonchev–Trinajstić information content (AvgIpc) is 2.61. The third-order valence-electron chi connectivity index (χ3n) is 2.90. The minimum Gasteiger partial charge on any atom is -0.465 e. The Kier molecular flexibility index (Phi) is 2.75. The first-order chi connectivity index (χ1) is 7.24. The maximum atomic E-state index is 11.7. The molecule has 1 heterocycles. The summed E-state index contributed by atoms with van der Waals surface area (Å²) in [5.41, 5.74) is 2.10. The van der Waals surface area contributed by atoms with Crippen LogP contribution in [0.2, 0.25) is 0 Å². The lowest BCUT2D eigenvalue weighted by Crippen LogP contribution is -2.21. The molecule has 1 atom stereocenters. The van der Waals surface area contributed by atoms with Crippen molar-refractivity contribution in [2.75, 3.05) is 6.61 Å². The summed E-state index contributed by atoms with van der Waals surface area (Å²) in [6, 6.07) is 0. The highest BCUT2D eigenvalue weighted by Gasteiger charge is 2.30. The van der Waals surface area contributed by atoms with Crippen LogP contribution in [0.15, 0.2) is 6.33 Å². The standard InChI is InChI=1S/C11H16N2O2/c1-3-15-11(14)8-5-4-6-9-10(8)12-7-13(9)2/h7-8H,3-6H2,1-2H3. The summed E-state index contributed by atoms with van der Waals surface area (Å²) in [5.74, 6) is -0.271. The molecule has 1 aromatic heterocycles. The van der Waals surface area contributed by atoms with Crippen molar-refractivity contribution in [3.05, 3.63) is 17.7 Å². The van der Waals surface area contributed by atoms with E-state index >= 15 is 0 Å². The van der Waals surface area contributed by atoms with Crippen molar-refractivity contribution >= 4 is 5.97 Å². The zero-order valence-corrected chi connectivity index (χ0v) is 9.19. The molecule has 0 bridgehead atoms. The number of esters is 1. The highest BCUT2D eigenvalue weighted by Crippen LogP contribution is 2.30. The second-order valence-corrected chi connectivity index (χ2v) is 3.88. The quantitative estimate of drug-likeness (QED) is 0.690. The second kappa shape index (κ2) is 4.04. The highest BCUT2D eigenvalue weighted by molar-refractivity contribution is 5.78. The van der Waals surface area contributed by atoms with Crippen LogP contribution in [-0.2, 0) is 23.0 Å². The number of rotatable bonds is 2. The number of carbonyl (C=O) groups is 1. The van der Waals surface area contributed by atoms with Crippen molar-refractivity contribution in [1.82, 2.24) is 9.55 Å². The number of imidazole rings is 1. The van der Waals surface area contributed by atoms with Gasteiger partial charge in [0.05, 0.1) is 18.6 Å².